The first-order valence-corrected chi connectivity index (χ1v) is 6.28. The van der Waals surface area contributed by atoms with Crippen LogP contribution in [0.25, 0.3) is 0 Å². The maximum Gasteiger partial charge on any atom is 0.222 e. The Morgan fingerprint density at radius 1 is 1.29 bits per heavy atom. The van der Waals surface area contributed by atoms with Crippen LogP contribution >= 0.6 is 0 Å². The minimum absolute atomic E-state index is 0.0804. The summed E-state index contributed by atoms with van der Waals surface area (Å²) in [7, 11) is 0. The molecule has 1 aliphatic rings. The molecule has 0 saturated heterocycles. The maximum atomic E-state index is 11.8. The lowest BCUT2D eigenvalue weighted by Gasteiger charge is -2.33. The van der Waals surface area contributed by atoms with Crippen molar-refractivity contribution >= 4 is 11.8 Å². The number of nitrogens with one attached hydrogen (secondary N) is 1. The zero-order chi connectivity index (χ0) is 12.9. The SMILES string of the molecule is CC(CC(N)=O)NC(=O)CC1(N)CCCCC1. The molecule has 98 valence electrons. The maximum absolute atomic E-state index is 11.8. The van der Waals surface area contributed by atoms with Crippen molar-refractivity contribution in [3.05, 3.63) is 0 Å². The number of amides is 2. The first-order chi connectivity index (χ1) is 7.91. The molecule has 17 heavy (non-hydrogen) atoms. The molecule has 5 N–H and O–H groups in total. The summed E-state index contributed by atoms with van der Waals surface area (Å²) in [5, 5.41) is 2.76. The molecule has 1 saturated carbocycles. The first-order valence-electron chi connectivity index (χ1n) is 6.28. The van der Waals surface area contributed by atoms with Crippen LogP contribution < -0.4 is 16.8 Å². The van der Waals surface area contributed by atoms with Gasteiger partial charge in [0.05, 0.1) is 0 Å². The second-order valence-electron chi connectivity index (χ2n) is 5.24. The third-order valence-electron chi connectivity index (χ3n) is 3.28. The highest BCUT2D eigenvalue weighted by molar-refractivity contribution is 5.79. The fraction of sp³-hybridized carbons (Fsp3) is 0.833. The normalized spacial score (nSPS) is 20.6. The van der Waals surface area contributed by atoms with Crippen molar-refractivity contribution in [2.24, 2.45) is 11.5 Å². The average Bonchev–Trinajstić information content (AvgIpc) is 2.15. The van der Waals surface area contributed by atoms with Crippen LogP contribution in [0.4, 0.5) is 0 Å². The van der Waals surface area contributed by atoms with E-state index < -0.39 is 5.91 Å². The molecule has 0 heterocycles. The van der Waals surface area contributed by atoms with Crippen LogP contribution in [0.15, 0.2) is 0 Å². The van der Waals surface area contributed by atoms with Crippen molar-refractivity contribution in [3.8, 4) is 0 Å². The number of carbonyl (C=O) groups excluding carboxylic acids is 2. The number of nitrogens with two attached hydrogens (primary N) is 2. The van der Waals surface area contributed by atoms with Gasteiger partial charge in [0.2, 0.25) is 11.8 Å². The van der Waals surface area contributed by atoms with Gasteiger partial charge in [-0.15, -0.1) is 0 Å². The molecule has 1 unspecified atom stereocenters. The van der Waals surface area contributed by atoms with Gasteiger partial charge in [0.25, 0.3) is 0 Å². The molecule has 0 spiro atoms. The van der Waals surface area contributed by atoms with Gasteiger partial charge in [-0.1, -0.05) is 19.3 Å². The Hall–Kier alpha value is -1.10. The first kappa shape index (κ1) is 14.0. The lowest BCUT2D eigenvalue weighted by atomic mass is 9.80. The lowest BCUT2D eigenvalue weighted by Crippen LogP contribution is -2.47. The molecule has 0 aromatic heterocycles. The summed E-state index contributed by atoms with van der Waals surface area (Å²) in [6.45, 7) is 1.77. The van der Waals surface area contributed by atoms with Gasteiger partial charge in [-0.3, -0.25) is 9.59 Å². The van der Waals surface area contributed by atoms with Gasteiger partial charge in [-0.2, -0.15) is 0 Å². The molecule has 0 bridgehead atoms. The van der Waals surface area contributed by atoms with Crippen LogP contribution in [0.5, 0.6) is 0 Å². The largest absolute Gasteiger partial charge is 0.370 e. The fourth-order valence-electron chi connectivity index (χ4n) is 2.43. The Bertz CT molecular complexity index is 285. The van der Waals surface area contributed by atoms with E-state index in [1.807, 2.05) is 0 Å². The van der Waals surface area contributed by atoms with E-state index in [1.165, 1.54) is 6.42 Å². The molecule has 0 radical (unpaired) electrons. The molecule has 0 aromatic carbocycles. The van der Waals surface area contributed by atoms with Crippen LogP contribution in [0.3, 0.4) is 0 Å². The van der Waals surface area contributed by atoms with Crippen LogP contribution in [0, 0.1) is 0 Å². The van der Waals surface area contributed by atoms with E-state index in [-0.39, 0.29) is 23.9 Å². The predicted octanol–water partition coefficient (Wildman–Crippen LogP) is 0.418. The van der Waals surface area contributed by atoms with Gasteiger partial charge in [-0.05, 0) is 19.8 Å². The third kappa shape index (κ3) is 5.17. The molecule has 1 rings (SSSR count). The molecule has 5 heteroatoms. The summed E-state index contributed by atoms with van der Waals surface area (Å²) >= 11 is 0. The summed E-state index contributed by atoms with van der Waals surface area (Å²) in [5.74, 6) is -0.485. The smallest absolute Gasteiger partial charge is 0.222 e. The van der Waals surface area contributed by atoms with E-state index in [2.05, 4.69) is 5.32 Å². The van der Waals surface area contributed by atoms with Crippen molar-refractivity contribution in [1.29, 1.82) is 0 Å². The number of hydrogen-bond donors (Lipinski definition) is 3. The van der Waals surface area contributed by atoms with Crippen molar-refractivity contribution in [3.63, 3.8) is 0 Å². The van der Waals surface area contributed by atoms with Gasteiger partial charge in [0, 0.05) is 24.4 Å². The molecular formula is C12H23N3O2. The minimum Gasteiger partial charge on any atom is -0.370 e. The highest BCUT2D eigenvalue weighted by Gasteiger charge is 2.30. The summed E-state index contributed by atoms with van der Waals surface area (Å²) in [6.07, 6.45) is 5.73. The van der Waals surface area contributed by atoms with Crippen molar-refractivity contribution < 1.29 is 9.59 Å². The molecule has 2 amide bonds. The Morgan fingerprint density at radius 2 is 1.88 bits per heavy atom. The fourth-order valence-corrected chi connectivity index (χ4v) is 2.43. The average molecular weight is 241 g/mol. The summed E-state index contributed by atoms with van der Waals surface area (Å²) in [4.78, 5) is 22.5. The standard InChI is InChI=1S/C12H23N3O2/c1-9(7-10(13)16)15-11(17)8-12(14)5-3-2-4-6-12/h9H,2-8,14H2,1H3,(H2,13,16)(H,15,17). The molecule has 1 atom stereocenters. The van der Waals surface area contributed by atoms with E-state index in [0.29, 0.717) is 6.42 Å². The second kappa shape index (κ2) is 6.00. The van der Waals surface area contributed by atoms with E-state index in [0.717, 1.165) is 25.7 Å². The monoisotopic (exact) mass is 241 g/mol. The van der Waals surface area contributed by atoms with Crippen LogP contribution in [-0.2, 0) is 9.59 Å². The highest BCUT2D eigenvalue weighted by atomic mass is 16.2. The zero-order valence-corrected chi connectivity index (χ0v) is 10.5. The quantitative estimate of drug-likeness (QED) is 0.650. The van der Waals surface area contributed by atoms with Crippen molar-refractivity contribution in [2.75, 3.05) is 0 Å². The summed E-state index contributed by atoms with van der Waals surface area (Å²) in [5.41, 5.74) is 10.9. The zero-order valence-electron chi connectivity index (χ0n) is 10.5. The summed E-state index contributed by atoms with van der Waals surface area (Å²) < 4.78 is 0. The Labute approximate surface area is 102 Å². The lowest BCUT2D eigenvalue weighted by molar-refractivity contribution is -0.123. The number of rotatable bonds is 5. The number of primary amides is 1. The van der Waals surface area contributed by atoms with Gasteiger partial charge in [0.1, 0.15) is 0 Å². The predicted molar refractivity (Wildman–Crippen MR) is 66.0 cm³/mol. The Balaban J connectivity index is 2.35. The Morgan fingerprint density at radius 3 is 2.41 bits per heavy atom. The van der Waals surface area contributed by atoms with E-state index in [1.54, 1.807) is 6.92 Å². The molecule has 0 aliphatic heterocycles. The van der Waals surface area contributed by atoms with Crippen LogP contribution in [0.1, 0.15) is 51.9 Å². The number of hydrogen-bond acceptors (Lipinski definition) is 3. The van der Waals surface area contributed by atoms with Crippen LogP contribution in [0.2, 0.25) is 0 Å². The van der Waals surface area contributed by atoms with E-state index in [9.17, 15) is 9.59 Å². The van der Waals surface area contributed by atoms with Gasteiger partial charge in [-0.25, -0.2) is 0 Å². The third-order valence-corrected chi connectivity index (χ3v) is 3.28. The van der Waals surface area contributed by atoms with E-state index in [4.69, 9.17) is 11.5 Å². The van der Waals surface area contributed by atoms with Gasteiger partial charge < -0.3 is 16.8 Å². The second-order valence-corrected chi connectivity index (χ2v) is 5.24. The topological polar surface area (TPSA) is 98.2 Å². The van der Waals surface area contributed by atoms with Crippen molar-refractivity contribution in [1.82, 2.24) is 5.32 Å². The molecule has 1 fully saturated rings. The van der Waals surface area contributed by atoms with E-state index >= 15 is 0 Å². The highest BCUT2D eigenvalue weighted by Crippen LogP contribution is 2.28. The molecule has 1 aliphatic carbocycles. The van der Waals surface area contributed by atoms with Gasteiger partial charge in [0.15, 0.2) is 0 Å². The number of carbonyl (C=O) groups is 2. The molecule has 5 nitrogen and oxygen atoms in total. The molecule has 0 aromatic rings. The van der Waals surface area contributed by atoms with Crippen LogP contribution in [-0.4, -0.2) is 23.4 Å². The Kier molecular flexibility index (Phi) is 4.93. The molecular weight excluding hydrogens is 218 g/mol. The van der Waals surface area contributed by atoms with Crippen molar-refractivity contribution in [2.45, 2.75) is 63.5 Å². The minimum atomic E-state index is -0.405. The summed E-state index contributed by atoms with van der Waals surface area (Å²) in [6, 6.07) is -0.216. The van der Waals surface area contributed by atoms with Gasteiger partial charge >= 0.3 is 0 Å².